The van der Waals surface area contributed by atoms with Crippen molar-refractivity contribution in [3.8, 4) is 0 Å². The third-order valence-electron chi connectivity index (χ3n) is 12.8. The van der Waals surface area contributed by atoms with E-state index in [2.05, 4.69) is 43.5 Å². The van der Waals surface area contributed by atoms with E-state index >= 15 is 0 Å². The van der Waals surface area contributed by atoms with Crippen LogP contribution in [-0.4, -0.2) is 98.7 Å². The molecule has 0 saturated carbocycles. The summed E-state index contributed by atoms with van der Waals surface area (Å²) in [7, 11) is 0. The molecule has 10 nitrogen and oxygen atoms in total. The molecule has 1 saturated heterocycles. The van der Waals surface area contributed by atoms with Crippen LogP contribution in [-0.2, 0) is 14.3 Å². The van der Waals surface area contributed by atoms with Crippen molar-refractivity contribution in [1.82, 2.24) is 5.32 Å². The molecule has 1 aliphatic heterocycles. The highest BCUT2D eigenvalue weighted by Gasteiger charge is 2.44. The van der Waals surface area contributed by atoms with Crippen LogP contribution in [0.3, 0.4) is 0 Å². The smallest absolute Gasteiger partial charge is 0.249 e. The van der Waals surface area contributed by atoms with Gasteiger partial charge >= 0.3 is 0 Å². The number of carbonyl (C=O) groups excluding carboxylic acids is 1. The first-order valence-corrected chi connectivity index (χ1v) is 26.8. The second-order valence-corrected chi connectivity index (χ2v) is 18.8. The second-order valence-electron chi connectivity index (χ2n) is 18.8. The van der Waals surface area contributed by atoms with Crippen molar-refractivity contribution in [2.75, 3.05) is 13.2 Å². The molecule has 0 bridgehead atoms. The molecule has 1 amide bonds. The maximum Gasteiger partial charge on any atom is 0.249 e. The Morgan fingerprint density at radius 2 is 0.953 bits per heavy atom. The zero-order chi connectivity index (χ0) is 46.7. The lowest BCUT2D eigenvalue weighted by molar-refractivity contribution is -0.302. The number of aliphatic hydroxyl groups is 6. The van der Waals surface area contributed by atoms with Gasteiger partial charge in [0.1, 0.15) is 30.5 Å². The highest BCUT2D eigenvalue weighted by Crippen LogP contribution is 2.23. The number of hydrogen-bond donors (Lipinski definition) is 7. The van der Waals surface area contributed by atoms with Crippen molar-refractivity contribution in [2.24, 2.45) is 0 Å². The molecule has 0 aromatic carbocycles. The lowest BCUT2D eigenvalue weighted by Crippen LogP contribution is -2.60. The second kappa shape index (κ2) is 43.9. The van der Waals surface area contributed by atoms with Gasteiger partial charge in [0.2, 0.25) is 5.91 Å². The summed E-state index contributed by atoms with van der Waals surface area (Å²) in [4.78, 5) is 13.1. The van der Waals surface area contributed by atoms with Crippen LogP contribution in [0.1, 0.15) is 239 Å². The van der Waals surface area contributed by atoms with Gasteiger partial charge in [-0.2, -0.15) is 0 Å². The fourth-order valence-electron chi connectivity index (χ4n) is 8.43. The quantitative estimate of drug-likeness (QED) is 0.0232. The van der Waals surface area contributed by atoms with Crippen LogP contribution in [0, 0.1) is 0 Å². The average molecular weight is 908 g/mol. The van der Waals surface area contributed by atoms with Gasteiger partial charge in [-0.15, -0.1) is 0 Å². The monoisotopic (exact) mass is 908 g/mol. The summed E-state index contributed by atoms with van der Waals surface area (Å²) in [5.74, 6) is -0.618. The molecule has 1 rings (SSSR count). The van der Waals surface area contributed by atoms with Gasteiger partial charge in [-0.25, -0.2) is 0 Å². The molecule has 1 aliphatic rings. The lowest BCUT2D eigenvalue weighted by Gasteiger charge is -2.40. The van der Waals surface area contributed by atoms with Crippen molar-refractivity contribution >= 4 is 5.91 Å². The third kappa shape index (κ3) is 32.9. The first kappa shape index (κ1) is 60.4. The van der Waals surface area contributed by atoms with Gasteiger partial charge in [0.15, 0.2) is 6.29 Å². The fraction of sp³-hybridized carbons (Fsp3) is 0.870. The summed E-state index contributed by atoms with van der Waals surface area (Å²) in [5, 5.41) is 64.8. The van der Waals surface area contributed by atoms with Crippen LogP contribution in [0.2, 0.25) is 0 Å². The Labute approximate surface area is 392 Å². The van der Waals surface area contributed by atoms with Crippen LogP contribution in [0.5, 0.6) is 0 Å². The molecule has 1 heterocycles. The van der Waals surface area contributed by atoms with E-state index in [4.69, 9.17) is 9.47 Å². The SMILES string of the molecule is CCCCCCCCCCC/C=C\C/C=C\CCCCCCCCCCCCC(O)C(=O)NC(COC1OC(CO)C(O)C(O)C1O)C(O)/C=C/CCCCCCCCCCCCC. The maximum atomic E-state index is 13.1. The zero-order valence-electron chi connectivity index (χ0n) is 41.2. The van der Waals surface area contributed by atoms with Crippen LogP contribution in [0.15, 0.2) is 36.5 Å². The molecule has 0 aliphatic carbocycles. The summed E-state index contributed by atoms with van der Waals surface area (Å²) >= 11 is 0. The molecular formula is C54H101NO9. The van der Waals surface area contributed by atoms with Crippen molar-refractivity contribution in [3.63, 3.8) is 0 Å². The number of ether oxygens (including phenoxy) is 2. The van der Waals surface area contributed by atoms with Gasteiger partial charge in [-0.1, -0.05) is 224 Å². The molecule has 0 radical (unpaired) electrons. The van der Waals surface area contributed by atoms with E-state index in [0.29, 0.717) is 12.8 Å². The number of amides is 1. The van der Waals surface area contributed by atoms with Crippen molar-refractivity contribution in [2.45, 2.75) is 288 Å². The number of nitrogens with one attached hydrogen (secondary N) is 1. The minimum atomic E-state index is -1.61. The Bertz CT molecular complexity index is 1120. The Hall–Kier alpha value is -1.63. The summed E-state index contributed by atoms with van der Waals surface area (Å²) in [6.45, 7) is 3.61. The number of aliphatic hydroxyl groups excluding tert-OH is 6. The summed E-state index contributed by atoms with van der Waals surface area (Å²) in [6.07, 6.45) is 45.3. The topological polar surface area (TPSA) is 169 Å². The fourth-order valence-corrected chi connectivity index (χ4v) is 8.43. The first-order valence-electron chi connectivity index (χ1n) is 26.8. The van der Waals surface area contributed by atoms with Gasteiger partial charge in [0, 0.05) is 0 Å². The van der Waals surface area contributed by atoms with Gasteiger partial charge in [-0.3, -0.25) is 4.79 Å². The minimum absolute atomic E-state index is 0.306. The Kier molecular flexibility index (Phi) is 41.4. The molecule has 0 aromatic rings. The van der Waals surface area contributed by atoms with E-state index in [9.17, 15) is 35.4 Å². The van der Waals surface area contributed by atoms with Crippen molar-refractivity contribution < 1.29 is 44.9 Å². The number of rotatable bonds is 45. The highest BCUT2D eigenvalue weighted by atomic mass is 16.7. The number of unbranched alkanes of at least 4 members (excludes halogenated alkanes) is 30. The summed E-state index contributed by atoms with van der Waals surface area (Å²) in [5.41, 5.74) is 0. The molecule has 8 atom stereocenters. The molecule has 376 valence electrons. The van der Waals surface area contributed by atoms with E-state index < -0.39 is 61.5 Å². The normalized spacial score (nSPS) is 20.8. The van der Waals surface area contributed by atoms with Crippen LogP contribution < -0.4 is 5.32 Å². The molecular weight excluding hydrogens is 807 g/mol. The summed E-state index contributed by atoms with van der Waals surface area (Å²) in [6, 6.07) is -0.981. The van der Waals surface area contributed by atoms with E-state index in [1.54, 1.807) is 6.08 Å². The largest absolute Gasteiger partial charge is 0.394 e. The first-order chi connectivity index (χ1) is 31.3. The third-order valence-corrected chi connectivity index (χ3v) is 12.8. The van der Waals surface area contributed by atoms with Crippen molar-refractivity contribution in [1.29, 1.82) is 0 Å². The standard InChI is InChI=1S/C54H101NO9/c1-3-5-7-9-11-13-15-17-18-19-20-21-22-23-24-25-26-27-28-29-31-33-35-37-39-41-43-48(58)53(62)55-46(45-63-54-52(61)51(60)50(59)49(44-56)64-54)47(57)42-40-38-36-34-32-30-16-14-12-10-8-6-4-2/h20-21,23-24,40,42,46-52,54,56-61H,3-19,22,25-39,41,43-45H2,1-2H3,(H,55,62)/b21-20-,24-23-,42-40+. The highest BCUT2D eigenvalue weighted by molar-refractivity contribution is 5.80. The molecule has 10 heteroatoms. The van der Waals surface area contributed by atoms with Gasteiger partial charge in [0.05, 0.1) is 25.4 Å². The molecule has 8 unspecified atom stereocenters. The minimum Gasteiger partial charge on any atom is -0.394 e. The summed E-state index contributed by atoms with van der Waals surface area (Å²) < 4.78 is 11.2. The Morgan fingerprint density at radius 3 is 1.39 bits per heavy atom. The van der Waals surface area contributed by atoms with Crippen LogP contribution in [0.4, 0.5) is 0 Å². The molecule has 0 spiro atoms. The maximum absolute atomic E-state index is 13.1. The average Bonchev–Trinajstić information content (AvgIpc) is 3.29. The van der Waals surface area contributed by atoms with E-state index in [1.807, 2.05) is 6.08 Å². The molecule has 7 N–H and O–H groups in total. The Morgan fingerprint density at radius 1 is 0.547 bits per heavy atom. The van der Waals surface area contributed by atoms with Gasteiger partial charge in [-0.05, 0) is 51.4 Å². The number of carbonyl (C=O) groups is 1. The number of allylic oxidation sites excluding steroid dienone is 5. The Balaban J connectivity index is 2.27. The van der Waals surface area contributed by atoms with E-state index in [-0.39, 0.29) is 6.61 Å². The lowest BCUT2D eigenvalue weighted by atomic mass is 9.99. The van der Waals surface area contributed by atoms with Gasteiger partial charge in [0.25, 0.3) is 0 Å². The molecule has 0 aromatic heterocycles. The predicted molar refractivity (Wildman–Crippen MR) is 264 cm³/mol. The van der Waals surface area contributed by atoms with Gasteiger partial charge < -0.3 is 45.4 Å². The zero-order valence-corrected chi connectivity index (χ0v) is 41.2. The molecule has 64 heavy (non-hydrogen) atoms. The van der Waals surface area contributed by atoms with Crippen LogP contribution >= 0.6 is 0 Å². The predicted octanol–water partition coefficient (Wildman–Crippen LogP) is 11.4. The molecule has 1 fully saturated rings. The van der Waals surface area contributed by atoms with E-state index in [1.165, 1.54) is 167 Å². The van der Waals surface area contributed by atoms with Crippen molar-refractivity contribution in [3.05, 3.63) is 36.5 Å². The van der Waals surface area contributed by atoms with Crippen LogP contribution in [0.25, 0.3) is 0 Å². The number of hydrogen-bond acceptors (Lipinski definition) is 9. The van der Waals surface area contributed by atoms with E-state index in [0.717, 1.165) is 44.9 Å².